The van der Waals surface area contributed by atoms with Crippen LogP contribution in [0.25, 0.3) is 0 Å². The van der Waals surface area contributed by atoms with E-state index in [-0.39, 0.29) is 18.5 Å². The van der Waals surface area contributed by atoms with E-state index < -0.39 is 0 Å². The lowest BCUT2D eigenvalue weighted by molar-refractivity contribution is -0.0480. The van der Waals surface area contributed by atoms with Crippen molar-refractivity contribution in [3.05, 3.63) is 35.1 Å². The number of ether oxygens (including phenoxy) is 1. The van der Waals surface area contributed by atoms with Crippen LogP contribution in [0, 0.1) is 34.9 Å². The van der Waals surface area contributed by atoms with Crippen LogP contribution in [-0.2, 0) is 11.3 Å². The highest BCUT2D eigenvalue weighted by atomic mass is 19.1. The number of rotatable bonds is 4. The molecule has 1 aromatic rings. The Labute approximate surface area is 126 Å². The monoisotopic (exact) mass is 289 g/mol. The molecule has 21 heavy (non-hydrogen) atoms. The van der Waals surface area contributed by atoms with E-state index in [1.807, 2.05) is 6.07 Å². The Morgan fingerprint density at radius 1 is 1.38 bits per heavy atom. The third kappa shape index (κ3) is 4.04. The molecule has 0 bridgehead atoms. The van der Waals surface area contributed by atoms with Crippen molar-refractivity contribution in [1.82, 2.24) is 0 Å². The number of benzene rings is 1. The molecule has 1 aliphatic rings. The predicted octanol–water partition coefficient (Wildman–Crippen LogP) is 4.67. The first-order chi connectivity index (χ1) is 10.0. The van der Waals surface area contributed by atoms with Gasteiger partial charge in [0, 0.05) is 5.56 Å². The van der Waals surface area contributed by atoms with Gasteiger partial charge >= 0.3 is 0 Å². The van der Waals surface area contributed by atoms with Crippen LogP contribution in [0.15, 0.2) is 18.2 Å². The van der Waals surface area contributed by atoms with Crippen molar-refractivity contribution in [3.63, 3.8) is 0 Å². The smallest absolute Gasteiger partial charge is 0.130 e. The molecule has 1 aliphatic carbocycles. The second-order valence-electron chi connectivity index (χ2n) is 6.59. The molecule has 1 saturated carbocycles. The van der Waals surface area contributed by atoms with Crippen LogP contribution in [0.3, 0.4) is 0 Å². The Hall–Kier alpha value is -1.40. The number of halogens is 1. The largest absolute Gasteiger partial charge is 0.373 e. The Morgan fingerprint density at radius 3 is 2.76 bits per heavy atom. The Bertz CT molecular complexity index is 520. The maximum Gasteiger partial charge on any atom is 0.130 e. The van der Waals surface area contributed by atoms with E-state index in [9.17, 15) is 4.39 Å². The van der Waals surface area contributed by atoms with E-state index in [4.69, 9.17) is 10.00 Å². The highest BCUT2D eigenvalue weighted by Crippen LogP contribution is 2.35. The summed E-state index contributed by atoms with van der Waals surface area (Å²) in [5, 5.41) is 8.76. The number of hydrogen-bond donors (Lipinski definition) is 0. The molecule has 3 atom stereocenters. The molecular formula is C18H24FNO. The van der Waals surface area contributed by atoms with Crippen molar-refractivity contribution in [2.75, 3.05) is 0 Å². The van der Waals surface area contributed by atoms with E-state index >= 15 is 0 Å². The zero-order valence-corrected chi connectivity index (χ0v) is 13.1. The van der Waals surface area contributed by atoms with E-state index in [1.54, 1.807) is 12.1 Å². The summed E-state index contributed by atoms with van der Waals surface area (Å²) < 4.78 is 19.9. The first kappa shape index (κ1) is 16.0. The molecule has 0 amide bonds. The van der Waals surface area contributed by atoms with Gasteiger partial charge in [0.05, 0.1) is 24.3 Å². The highest BCUT2D eigenvalue weighted by Gasteiger charge is 2.31. The maximum absolute atomic E-state index is 13.9. The molecule has 0 spiro atoms. The van der Waals surface area contributed by atoms with Gasteiger partial charge in [-0.2, -0.15) is 5.26 Å². The molecule has 2 rings (SSSR count). The van der Waals surface area contributed by atoms with Gasteiger partial charge in [-0.25, -0.2) is 4.39 Å². The fraction of sp³-hybridized carbons (Fsp3) is 0.611. The van der Waals surface area contributed by atoms with Gasteiger partial charge in [0.1, 0.15) is 5.82 Å². The van der Waals surface area contributed by atoms with Crippen molar-refractivity contribution < 1.29 is 9.13 Å². The van der Waals surface area contributed by atoms with Crippen molar-refractivity contribution in [1.29, 1.82) is 5.26 Å². The summed E-state index contributed by atoms with van der Waals surface area (Å²) in [6, 6.07) is 6.53. The van der Waals surface area contributed by atoms with Crippen molar-refractivity contribution >= 4 is 0 Å². The van der Waals surface area contributed by atoms with Crippen LogP contribution >= 0.6 is 0 Å². The topological polar surface area (TPSA) is 33.0 Å². The molecule has 1 aromatic carbocycles. The molecule has 0 radical (unpaired) electrons. The fourth-order valence-corrected chi connectivity index (χ4v) is 3.24. The van der Waals surface area contributed by atoms with Gasteiger partial charge in [-0.15, -0.1) is 0 Å². The van der Waals surface area contributed by atoms with Crippen LogP contribution in [0.1, 0.15) is 51.2 Å². The molecule has 0 saturated heterocycles. The second kappa shape index (κ2) is 7.04. The summed E-state index contributed by atoms with van der Waals surface area (Å²) in [5.41, 5.74) is 0.886. The molecule has 3 unspecified atom stereocenters. The van der Waals surface area contributed by atoms with E-state index in [2.05, 4.69) is 20.8 Å². The van der Waals surface area contributed by atoms with Crippen molar-refractivity contribution in [3.8, 4) is 6.07 Å². The molecule has 2 nitrogen and oxygen atoms in total. The quantitative estimate of drug-likeness (QED) is 0.806. The summed E-state index contributed by atoms with van der Waals surface area (Å²) in [6.07, 6.45) is 3.72. The standard InChI is InChI=1S/C18H24FNO/c1-12(2)16-7-4-13(3)8-18(16)21-11-15-6-5-14(10-20)9-17(15)19/h5-6,9,12-13,16,18H,4,7-8,11H2,1-3H3. The molecule has 0 N–H and O–H groups in total. The number of nitrogens with zero attached hydrogens (tertiary/aromatic N) is 1. The lowest BCUT2D eigenvalue weighted by atomic mass is 9.75. The summed E-state index contributed by atoms with van der Waals surface area (Å²) in [7, 11) is 0. The third-order valence-electron chi connectivity index (χ3n) is 4.60. The molecule has 114 valence electrons. The molecular weight excluding hydrogens is 265 g/mol. The minimum atomic E-state index is -0.348. The van der Waals surface area contributed by atoms with E-state index in [0.29, 0.717) is 28.9 Å². The highest BCUT2D eigenvalue weighted by molar-refractivity contribution is 5.32. The Morgan fingerprint density at radius 2 is 2.14 bits per heavy atom. The summed E-state index contributed by atoms with van der Waals surface area (Å²) in [4.78, 5) is 0. The molecule has 1 fully saturated rings. The zero-order chi connectivity index (χ0) is 15.4. The third-order valence-corrected chi connectivity index (χ3v) is 4.60. The van der Waals surface area contributed by atoms with E-state index in [0.717, 1.165) is 6.42 Å². The van der Waals surface area contributed by atoms with Gasteiger partial charge in [0.25, 0.3) is 0 Å². The minimum absolute atomic E-state index is 0.212. The van der Waals surface area contributed by atoms with Gasteiger partial charge in [0.15, 0.2) is 0 Å². The van der Waals surface area contributed by atoms with Crippen molar-refractivity contribution in [2.45, 2.75) is 52.7 Å². The maximum atomic E-state index is 13.9. The van der Waals surface area contributed by atoms with Gasteiger partial charge in [-0.1, -0.05) is 33.3 Å². The molecule has 0 aliphatic heterocycles. The van der Waals surface area contributed by atoms with Crippen LogP contribution in [0.4, 0.5) is 4.39 Å². The fourth-order valence-electron chi connectivity index (χ4n) is 3.24. The lowest BCUT2D eigenvalue weighted by Gasteiger charge is -2.37. The predicted molar refractivity (Wildman–Crippen MR) is 81.0 cm³/mol. The lowest BCUT2D eigenvalue weighted by Crippen LogP contribution is -2.34. The molecule has 3 heteroatoms. The van der Waals surface area contributed by atoms with E-state index in [1.165, 1.54) is 18.9 Å². The second-order valence-corrected chi connectivity index (χ2v) is 6.59. The first-order valence-electron chi connectivity index (χ1n) is 7.81. The van der Waals surface area contributed by atoms with Gasteiger partial charge in [0.2, 0.25) is 0 Å². The Kier molecular flexibility index (Phi) is 5.36. The normalized spacial score (nSPS) is 25.8. The van der Waals surface area contributed by atoms with Crippen LogP contribution in [-0.4, -0.2) is 6.10 Å². The zero-order valence-electron chi connectivity index (χ0n) is 13.1. The molecule has 0 aromatic heterocycles. The first-order valence-corrected chi connectivity index (χ1v) is 7.81. The van der Waals surface area contributed by atoms with Crippen LogP contribution in [0.2, 0.25) is 0 Å². The number of hydrogen-bond acceptors (Lipinski definition) is 2. The number of nitriles is 1. The van der Waals surface area contributed by atoms with Crippen molar-refractivity contribution in [2.24, 2.45) is 17.8 Å². The van der Waals surface area contributed by atoms with Gasteiger partial charge in [-0.05, 0) is 42.7 Å². The summed E-state index contributed by atoms with van der Waals surface area (Å²) in [5.74, 6) is 1.48. The SMILES string of the molecule is CC1CCC(C(C)C)C(OCc2ccc(C#N)cc2F)C1. The van der Waals surface area contributed by atoms with Gasteiger partial charge < -0.3 is 4.74 Å². The van der Waals surface area contributed by atoms with Crippen LogP contribution < -0.4 is 0 Å². The summed E-state index contributed by atoms with van der Waals surface area (Å²) in [6.45, 7) is 7.02. The van der Waals surface area contributed by atoms with Gasteiger partial charge in [-0.3, -0.25) is 0 Å². The average molecular weight is 289 g/mol. The average Bonchev–Trinajstić information content (AvgIpc) is 2.45. The minimum Gasteiger partial charge on any atom is -0.373 e. The van der Waals surface area contributed by atoms with Crippen LogP contribution in [0.5, 0.6) is 0 Å². The molecule has 0 heterocycles. The summed E-state index contributed by atoms with van der Waals surface area (Å²) >= 11 is 0. The Balaban J connectivity index is 2.02.